The average Bonchev–Trinajstić information content (AvgIpc) is 3.50. The van der Waals surface area contributed by atoms with E-state index < -0.39 is 23.6 Å². The molecule has 3 heterocycles. The van der Waals surface area contributed by atoms with Crippen molar-refractivity contribution >= 4 is 34.5 Å². The number of aromatic nitrogens is 4. The third-order valence-corrected chi connectivity index (χ3v) is 5.62. The van der Waals surface area contributed by atoms with Crippen molar-refractivity contribution in [2.75, 3.05) is 16.8 Å². The van der Waals surface area contributed by atoms with Crippen molar-refractivity contribution in [2.45, 2.75) is 25.4 Å². The van der Waals surface area contributed by atoms with Crippen molar-refractivity contribution in [1.82, 2.24) is 19.1 Å². The molecular weight excluding hydrogens is 430 g/mol. The van der Waals surface area contributed by atoms with Crippen LogP contribution < -0.4 is 10.2 Å². The van der Waals surface area contributed by atoms with Crippen LogP contribution >= 0.6 is 0 Å². The zero-order valence-electron chi connectivity index (χ0n) is 17.5. The maximum absolute atomic E-state index is 13.5. The fraction of sp³-hybridized carbons (Fsp3) is 0.217. The highest BCUT2D eigenvalue weighted by molar-refractivity contribution is 6.05. The number of para-hydroxylation sites is 2. The maximum Gasteiger partial charge on any atom is 0.253 e. The van der Waals surface area contributed by atoms with E-state index in [9.17, 15) is 18.4 Å². The number of carbonyl (C=O) groups is 2. The monoisotopic (exact) mass is 450 g/mol. The second kappa shape index (κ2) is 8.45. The molecule has 0 saturated carbocycles. The average molecular weight is 450 g/mol. The molecule has 0 aliphatic carbocycles. The van der Waals surface area contributed by atoms with E-state index in [1.54, 1.807) is 22.0 Å². The molecule has 4 aromatic rings. The van der Waals surface area contributed by atoms with Crippen molar-refractivity contribution in [3.8, 4) is 0 Å². The molecule has 1 N–H and O–H groups in total. The highest BCUT2D eigenvalue weighted by Gasteiger charge is 2.40. The number of fused-ring (bicyclic) bond motifs is 3. The third kappa shape index (κ3) is 3.95. The van der Waals surface area contributed by atoms with Crippen LogP contribution in [-0.4, -0.2) is 37.5 Å². The lowest BCUT2D eigenvalue weighted by atomic mass is 10.1. The summed E-state index contributed by atoms with van der Waals surface area (Å²) in [6.07, 6.45) is 5.78. The molecule has 1 atom stereocenters. The van der Waals surface area contributed by atoms with E-state index >= 15 is 0 Å². The van der Waals surface area contributed by atoms with Gasteiger partial charge in [0.25, 0.3) is 5.91 Å². The van der Waals surface area contributed by atoms with E-state index in [0.717, 1.165) is 23.2 Å². The quantitative estimate of drug-likeness (QED) is 0.467. The minimum Gasteiger partial charge on any atom is -0.337 e. The van der Waals surface area contributed by atoms with Gasteiger partial charge in [0.2, 0.25) is 11.9 Å². The number of amides is 2. The van der Waals surface area contributed by atoms with Gasteiger partial charge in [-0.2, -0.15) is 0 Å². The lowest BCUT2D eigenvalue weighted by molar-refractivity contribution is -0.124. The van der Waals surface area contributed by atoms with Crippen LogP contribution in [0.1, 0.15) is 18.9 Å². The van der Waals surface area contributed by atoms with Gasteiger partial charge in [-0.25, -0.2) is 18.7 Å². The lowest BCUT2D eigenvalue weighted by Gasteiger charge is -2.16. The summed E-state index contributed by atoms with van der Waals surface area (Å²) in [6, 6.07) is 9.75. The van der Waals surface area contributed by atoms with Crippen molar-refractivity contribution in [2.24, 2.45) is 0 Å². The number of nitrogens with one attached hydrogen (secondary N) is 1. The van der Waals surface area contributed by atoms with Gasteiger partial charge >= 0.3 is 0 Å². The molecule has 0 unspecified atom stereocenters. The van der Waals surface area contributed by atoms with Crippen molar-refractivity contribution in [3.05, 3.63) is 72.8 Å². The van der Waals surface area contributed by atoms with Crippen LogP contribution in [0.15, 0.2) is 61.2 Å². The smallest absolute Gasteiger partial charge is 0.253 e. The molecule has 5 rings (SSSR count). The van der Waals surface area contributed by atoms with Gasteiger partial charge < -0.3 is 9.88 Å². The van der Waals surface area contributed by atoms with Crippen LogP contribution in [0.4, 0.5) is 20.4 Å². The Bertz CT molecular complexity index is 1330. The molecule has 0 spiro atoms. The molecule has 168 valence electrons. The van der Waals surface area contributed by atoms with Gasteiger partial charge in [-0.15, -0.1) is 0 Å². The van der Waals surface area contributed by atoms with Gasteiger partial charge in [0.15, 0.2) is 11.6 Å². The Balaban J connectivity index is 1.38. The number of anilines is 2. The largest absolute Gasteiger partial charge is 0.337 e. The summed E-state index contributed by atoms with van der Waals surface area (Å²) in [7, 11) is 0. The van der Waals surface area contributed by atoms with Crippen LogP contribution in [0.2, 0.25) is 0 Å². The van der Waals surface area contributed by atoms with Gasteiger partial charge in [-0.1, -0.05) is 12.1 Å². The number of hydrogen-bond acceptors (Lipinski definition) is 4. The number of carbonyl (C=O) groups excluding carboxylic acids is 2. The summed E-state index contributed by atoms with van der Waals surface area (Å²) in [5.41, 5.74) is 1.60. The Morgan fingerprint density at radius 2 is 1.94 bits per heavy atom. The molecule has 1 aliphatic heterocycles. The molecule has 33 heavy (non-hydrogen) atoms. The maximum atomic E-state index is 13.5. The van der Waals surface area contributed by atoms with E-state index in [0.29, 0.717) is 25.5 Å². The Morgan fingerprint density at radius 1 is 1.09 bits per heavy atom. The molecule has 0 radical (unpaired) electrons. The first-order chi connectivity index (χ1) is 16.0. The van der Waals surface area contributed by atoms with Gasteiger partial charge in [0, 0.05) is 37.2 Å². The SMILES string of the molecule is O=C(C[C@H]1C(=O)N(CCCn2ccnc2)c2nc3ccccc3n21)Nc1ccc(F)c(F)c1. The number of hydrogen-bond donors (Lipinski definition) is 1. The van der Waals surface area contributed by atoms with E-state index in [-0.39, 0.29) is 18.0 Å². The number of benzene rings is 2. The molecule has 2 amide bonds. The van der Waals surface area contributed by atoms with E-state index in [1.807, 2.05) is 35.0 Å². The van der Waals surface area contributed by atoms with Crippen LogP contribution in [0.5, 0.6) is 0 Å². The minimum atomic E-state index is -1.06. The topological polar surface area (TPSA) is 85.1 Å². The van der Waals surface area contributed by atoms with Gasteiger partial charge in [-0.3, -0.25) is 19.1 Å². The molecule has 10 heteroatoms. The second-order valence-electron chi connectivity index (χ2n) is 7.81. The minimum absolute atomic E-state index is 0.122. The molecule has 1 aliphatic rings. The molecule has 2 aromatic carbocycles. The van der Waals surface area contributed by atoms with Crippen molar-refractivity contribution in [3.63, 3.8) is 0 Å². The molecule has 8 nitrogen and oxygen atoms in total. The van der Waals surface area contributed by atoms with Crippen molar-refractivity contribution in [1.29, 1.82) is 0 Å². The zero-order valence-corrected chi connectivity index (χ0v) is 17.5. The Labute approximate surface area is 187 Å². The summed E-state index contributed by atoms with van der Waals surface area (Å²) in [5.74, 6) is -2.27. The number of aryl methyl sites for hydroxylation is 1. The van der Waals surface area contributed by atoms with E-state index in [1.165, 1.54) is 6.07 Å². The van der Waals surface area contributed by atoms with Crippen molar-refractivity contribution < 1.29 is 18.4 Å². The van der Waals surface area contributed by atoms with Crippen LogP contribution in [0, 0.1) is 11.6 Å². The number of halogens is 2. The van der Waals surface area contributed by atoms with Crippen LogP contribution in [-0.2, 0) is 16.1 Å². The normalized spacial score (nSPS) is 15.3. The number of nitrogens with zero attached hydrogens (tertiary/aromatic N) is 5. The van der Waals surface area contributed by atoms with Gasteiger partial charge in [0.05, 0.1) is 23.8 Å². The Hall–Kier alpha value is -4.08. The van der Waals surface area contributed by atoms with Gasteiger partial charge in [0.1, 0.15) is 6.04 Å². The Morgan fingerprint density at radius 3 is 2.73 bits per heavy atom. The summed E-state index contributed by atoms with van der Waals surface area (Å²) >= 11 is 0. The predicted octanol–water partition coefficient (Wildman–Crippen LogP) is 3.52. The summed E-state index contributed by atoms with van der Waals surface area (Å²) in [6.45, 7) is 1.12. The standard InChI is InChI=1S/C23H20F2N6O2/c24-16-7-6-15(12-17(16)25)27-21(32)13-20-22(33)30(10-3-9-29-11-8-26-14-29)23-28-18-4-1-2-5-19(18)31(20)23/h1-2,4-8,11-12,14,20H,3,9-10,13H2,(H,27,32)/t20-/m0/s1. The first-order valence-corrected chi connectivity index (χ1v) is 10.5. The number of imidazole rings is 2. The van der Waals surface area contributed by atoms with Crippen LogP contribution in [0.25, 0.3) is 11.0 Å². The molecule has 2 aromatic heterocycles. The zero-order chi connectivity index (χ0) is 22.9. The first-order valence-electron chi connectivity index (χ1n) is 10.5. The molecule has 0 bridgehead atoms. The summed E-state index contributed by atoms with van der Waals surface area (Å²) in [4.78, 5) is 36.3. The van der Waals surface area contributed by atoms with E-state index in [2.05, 4.69) is 15.3 Å². The first kappa shape index (κ1) is 20.8. The highest BCUT2D eigenvalue weighted by Crippen LogP contribution is 2.36. The third-order valence-electron chi connectivity index (χ3n) is 5.62. The molecular formula is C23H20F2N6O2. The van der Waals surface area contributed by atoms with E-state index in [4.69, 9.17) is 0 Å². The number of rotatable bonds is 7. The fourth-order valence-electron chi connectivity index (χ4n) is 4.10. The van der Waals surface area contributed by atoms with Gasteiger partial charge in [-0.05, 0) is 30.7 Å². The second-order valence-corrected chi connectivity index (χ2v) is 7.81. The highest BCUT2D eigenvalue weighted by atomic mass is 19.2. The van der Waals surface area contributed by atoms with Crippen LogP contribution in [0.3, 0.4) is 0 Å². The summed E-state index contributed by atoms with van der Waals surface area (Å²) < 4.78 is 30.4. The lowest BCUT2D eigenvalue weighted by Crippen LogP contribution is -2.32. The summed E-state index contributed by atoms with van der Waals surface area (Å²) in [5, 5.41) is 2.54. The molecule has 0 saturated heterocycles. The predicted molar refractivity (Wildman–Crippen MR) is 118 cm³/mol. The molecule has 0 fully saturated rings. The Kier molecular flexibility index (Phi) is 5.33. The fourth-order valence-corrected chi connectivity index (χ4v) is 4.10.